The first-order valence-corrected chi connectivity index (χ1v) is 7.87. The molecule has 3 N–H and O–H groups in total. The molecule has 0 spiro atoms. The van der Waals surface area contributed by atoms with Crippen molar-refractivity contribution in [3.05, 3.63) is 30.7 Å². The fraction of sp³-hybridized carbons (Fsp3) is 0.429. The molecular formula is C14H17N3O4S. The van der Waals surface area contributed by atoms with E-state index in [-0.39, 0.29) is 0 Å². The Morgan fingerprint density at radius 1 is 1.23 bits per heavy atom. The predicted molar refractivity (Wildman–Crippen MR) is 81.3 cm³/mol. The molecule has 7 nitrogen and oxygen atoms in total. The minimum Gasteiger partial charge on any atom is -0.475 e. The van der Waals surface area contributed by atoms with Crippen molar-refractivity contribution in [1.29, 1.82) is 0 Å². The maximum absolute atomic E-state index is 9.92. The van der Waals surface area contributed by atoms with E-state index < -0.39 is 23.7 Å². The number of pyridine rings is 1. The van der Waals surface area contributed by atoms with E-state index in [9.17, 15) is 15.3 Å². The summed E-state index contributed by atoms with van der Waals surface area (Å²) in [5.41, 5.74) is 1.04. The molecule has 0 aromatic carbocycles. The van der Waals surface area contributed by atoms with Crippen molar-refractivity contribution in [2.75, 3.05) is 5.75 Å². The second-order valence-electron chi connectivity index (χ2n) is 5.15. The van der Waals surface area contributed by atoms with Crippen LogP contribution in [-0.2, 0) is 7.05 Å². The van der Waals surface area contributed by atoms with Crippen molar-refractivity contribution in [1.82, 2.24) is 14.8 Å². The van der Waals surface area contributed by atoms with Crippen molar-refractivity contribution >= 4 is 11.8 Å². The lowest BCUT2D eigenvalue weighted by Gasteiger charge is -2.34. The van der Waals surface area contributed by atoms with Crippen LogP contribution in [0.25, 0.3) is 11.3 Å². The number of aliphatic hydroxyl groups is 3. The summed E-state index contributed by atoms with van der Waals surface area (Å²) in [6, 6.07) is 3.55. The highest BCUT2D eigenvalue weighted by molar-refractivity contribution is 7.99. The molecular weight excluding hydrogens is 306 g/mol. The molecule has 0 aliphatic carbocycles. The van der Waals surface area contributed by atoms with Gasteiger partial charge in [-0.1, -0.05) is 0 Å². The van der Waals surface area contributed by atoms with Crippen LogP contribution in [0, 0.1) is 0 Å². The molecule has 1 fully saturated rings. The SMILES string of the molecule is Cn1cc(-c2ccc(O[C@H]3SC[C@@H](O)[C@H](O)[C@H]3O)cn2)cn1. The van der Waals surface area contributed by atoms with Gasteiger partial charge in [-0.2, -0.15) is 5.10 Å². The summed E-state index contributed by atoms with van der Waals surface area (Å²) in [5.74, 6) is 0.803. The van der Waals surface area contributed by atoms with Gasteiger partial charge in [-0.05, 0) is 12.1 Å². The zero-order valence-electron chi connectivity index (χ0n) is 11.9. The van der Waals surface area contributed by atoms with Crippen LogP contribution in [0.2, 0.25) is 0 Å². The third-order valence-corrected chi connectivity index (χ3v) is 4.68. The van der Waals surface area contributed by atoms with Crippen molar-refractivity contribution in [3.63, 3.8) is 0 Å². The molecule has 0 unspecified atom stereocenters. The summed E-state index contributed by atoms with van der Waals surface area (Å²) < 4.78 is 7.34. The van der Waals surface area contributed by atoms with Crippen LogP contribution in [-0.4, -0.2) is 59.6 Å². The molecule has 1 aliphatic heterocycles. The van der Waals surface area contributed by atoms with Crippen molar-refractivity contribution in [3.8, 4) is 17.0 Å². The average Bonchev–Trinajstić information content (AvgIpc) is 2.95. The zero-order valence-corrected chi connectivity index (χ0v) is 12.7. The normalized spacial score (nSPS) is 28.5. The second kappa shape index (κ2) is 6.25. The second-order valence-corrected chi connectivity index (χ2v) is 6.28. The number of aromatic nitrogens is 3. The number of hydrogen-bond donors (Lipinski definition) is 3. The van der Waals surface area contributed by atoms with Crippen LogP contribution in [0.5, 0.6) is 5.75 Å². The van der Waals surface area contributed by atoms with Crippen LogP contribution >= 0.6 is 11.8 Å². The molecule has 118 valence electrons. The first kappa shape index (κ1) is 15.3. The number of ether oxygens (including phenoxy) is 1. The van der Waals surface area contributed by atoms with E-state index in [1.54, 1.807) is 29.2 Å². The number of aryl methyl sites for hydroxylation is 1. The Morgan fingerprint density at radius 3 is 2.68 bits per heavy atom. The summed E-state index contributed by atoms with van der Waals surface area (Å²) in [4.78, 5) is 4.31. The molecule has 8 heteroatoms. The Hall–Kier alpha value is -1.61. The first-order valence-electron chi connectivity index (χ1n) is 6.82. The molecule has 0 amide bonds. The predicted octanol–water partition coefficient (Wildman–Crippen LogP) is 0.0165. The monoisotopic (exact) mass is 323 g/mol. The van der Waals surface area contributed by atoms with Gasteiger partial charge >= 0.3 is 0 Å². The van der Waals surface area contributed by atoms with E-state index in [4.69, 9.17) is 4.74 Å². The quantitative estimate of drug-likeness (QED) is 0.732. The van der Waals surface area contributed by atoms with Crippen LogP contribution in [0.3, 0.4) is 0 Å². The van der Waals surface area contributed by atoms with Crippen LogP contribution < -0.4 is 4.74 Å². The summed E-state index contributed by atoms with van der Waals surface area (Å²) in [5, 5.41) is 33.2. The van der Waals surface area contributed by atoms with E-state index >= 15 is 0 Å². The minimum absolute atomic E-state index is 0.310. The Labute approximate surface area is 131 Å². The van der Waals surface area contributed by atoms with Crippen molar-refractivity contribution in [2.45, 2.75) is 23.7 Å². The van der Waals surface area contributed by atoms with Gasteiger partial charge in [0.1, 0.15) is 18.0 Å². The molecule has 2 aromatic heterocycles. The van der Waals surface area contributed by atoms with Crippen molar-refractivity contribution in [2.24, 2.45) is 7.05 Å². The molecule has 1 saturated heterocycles. The summed E-state index contributed by atoms with van der Waals surface area (Å²) in [6.07, 6.45) is 1.86. The fourth-order valence-corrected chi connectivity index (χ4v) is 3.31. The maximum Gasteiger partial charge on any atom is 0.173 e. The standard InChI is InChI=1S/C14H17N3O4S/c1-17-6-8(4-16-17)10-3-2-9(5-15-10)21-14-13(20)12(19)11(18)7-22-14/h2-6,11-14,18-20H,7H2,1H3/t11-,12+,13-,14+/m1/s1. The summed E-state index contributed by atoms with van der Waals surface area (Å²) in [7, 11) is 1.84. The molecule has 22 heavy (non-hydrogen) atoms. The largest absolute Gasteiger partial charge is 0.475 e. The third kappa shape index (κ3) is 3.09. The Morgan fingerprint density at radius 2 is 2.05 bits per heavy atom. The van der Waals surface area contributed by atoms with Gasteiger partial charge in [0.05, 0.1) is 24.2 Å². The van der Waals surface area contributed by atoms with Gasteiger partial charge in [0.2, 0.25) is 0 Å². The smallest absolute Gasteiger partial charge is 0.173 e. The number of aliphatic hydroxyl groups excluding tert-OH is 3. The first-order chi connectivity index (χ1) is 10.5. The lowest BCUT2D eigenvalue weighted by molar-refractivity contribution is -0.0786. The van der Waals surface area contributed by atoms with Gasteiger partial charge in [-0.25, -0.2) is 0 Å². The summed E-state index contributed by atoms with van der Waals surface area (Å²) in [6.45, 7) is 0. The van der Waals surface area contributed by atoms with Crippen molar-refractivity contribution < 1.29 is 20.1 Å². The van der Waals surface area contributed by atoms with Gasteiger partial charge < -0.3 is 20.1 Å². The Bertz CT molecular complexity index is 633. The van der Waals surface area contributed by atoms with E-state index in [0.717, 1.165) is 11.3 Å². The average molecular weight is 323 g/mol. The molecule has 0 radical (unpaired) electrons. The highest BCUT2D eigenvalue weighted by Crippen LogP contribution is 2.29. The van der Waals surface area contributed by atoms with E-state index in [2.05, 4.69) is 10.1 Å². The molecule has 2 aromatic rings. The van der Waals surface area contributed by atoms with Crippen LogP contribution in [0.1, 0.15) is 0 Å². The topological polar surface area (TPSA) is 101 Å². The molecule has 3 rings (SSSR count). The maximum atomic E-state index is 9.92. The van der Waals surface area contributed by atoms with Gasteiger partial charge in [-0.3, -0.25) is 9.67 Å². The van der Waals surface area contributed by atoms with Gasteiger partial charge in [0.15, 0.2) is 5.44 Å². The van der Waals surface area contributed by atoms with Gasteiger partial charge in [0.25, 0.3) is 0 Å². The summed E-state index contributed by atoms with van der Waals surface area (Å²) >= 11 is 1.26. The minimum atomic E-state index is -1.20. The molecule has 1 aliphatic rings. The highest BCUT2D eigenvalue weighted by atomic mass is 32.2. The Kier molecular flexibility index (Phi) is 4.34. The highest BCUT2D eigenvalue weighted by Gasteiger charge is 2.38. The third-order valence-electron chi connectivity index (χ3n) is 3.44. The molecule has 4 atom stereocenters. The number of nitrogens with zero attached hydrogens (tertiary/aromatic N) is 3. The lowest BCUT2D eigenvalue weighted by Crippen LogP contribution is -2.50. The van der Waals surface area contributed by atoms with E-state index in [1.165, 1.54) is 11.8 Å². The fourth-order valence-electron chi connectivity index (χ4n) is 2.19. The van der Waals surface area contributed by atoms with Crippen LogP contribution in [0.4, 0.5) is 0 Å². The van der Waals surface area contributed by atoms with Gasteiger partial charge in [-0.15, -0.1) is 11.8 Å². The number of thioether (sulfide) groups is 1. The Balaban J connectivity index is 1.69. The molecule has 3 heterocycles. The molecule has 0 bridgehead atoms. The zero-order chi connectivity index (χ0) is 15.7. The van der Waals surface area contributed by atoms with Gasteiger partial charge in [0, 0.05) is 24.6 Å². The van der Waals surface area contributed by atoms with E-state index in [0.29, 0.717) is 11.5 Å². The van der Waals surface area contributed by atoms with Crippen LogP contribution in [0.15, 0.2) is 30.7 Å². The number of rotatable bonds is 3. The number of hydrogen-bond acceptors (Lipinski definition) is 7. The lowest BCUT2D eigenvalue weighted by atomic mass is 10.1. The molecule has 0 saturated carbocycles. The van der Waals surface area contributed by atoms with E-state index in [1.807, 2.05) is 13.2 Å².